The van der Waals surface area contributed by atoms with Crippen LogP contribution in [-0.4, -0.2) is 40.9 Å². The summed E-state index contributed by atoms with van der Waals surface area (Å²) in [5.41, 5.74) is 1.11. The summed E-state index contributed by atoms with van der Waals surface area (Å²) in [6.45, 7) is 5.34. The Morgan fingerprint density at radius 1 is 1.24 bits per heavy atom. The minimum Gasteiger partial charge on any atom is -0.360 e. The molecule has 0 saturated carbocycles. The van der Waals surface area contributed by atoms with E-state index in [9.17, 15) is 9.59 Å². The summed E-state index contributed by atoms with van der Waals surface area (Å²) in [6.07, 6.45) is 1.01. The van der Waals surface area contributed by atoms with Gasteiger partial charge in [-0.15, -0.1) is 10.2 Å². The lowest BCUT2D eigenvalue weighted by molar-refractivity contribution is -0.113. The molecule has 0 radical (unpaired) electrons. The highest BCUT2D eigenvalue weighted by Crippen LogP contribution is 2.25. The molecule has 0 spiro atoms. The highest BCUT2D eigenvalue weighted by atomic mass is 32.2. The van der Waals surface area contributed by atoms with Crippen LogP contribution in [-0.2, 0) is 4.79 Å². The number of hydrogen-bond acceptors (Lipinski definition) is 7. The standard InChI is InChI=1S/C16H21N5O2S2/c1-3-8-18-15-20-21-16(25-15)24-10-13(22)19-12-7-5-6-11(9-12)14(23)17-4-2/h5-7,9H,3-4,8,10H2,1-2H3,(H,17,23)(H,18,20)(H,19,22). The van der Waals surface area contributed by atoms with Crippen LogP contribution in [0.15, 0.2) is 28.6 Å². The number of aromatic nitrogens is 2. The van der Waals surface area contributed by atoms with Gasteiger partial charge in [0.1, 0.15) is 0 Å². The van der Waals surface area contributed by atoms with E-state index in [2.05, 4.69) is 33.1 Å². The van der Waals surface area contributed by atoms with E-state index in [1.807, 2.05) is 6.92 Å². The molecular formula is C16H21N5O2S2. The number of amides is 2. The predicted molar refractivity (Wildman–Crippen MR) is 102 cm³/mol. The van der Waals surface area contributed by atoms with Crippen molar-refractivity contribution in [3.05, 3.63) is 29.8 Å². The number of carbonyl (C=O) groups is 2. The van der Waals surface area contributed by atoms with E-state index in [0.717, 1.165) is 22.4 Å². The summed E-state index contributed by atoms with van der Waals surface area (Å²) in [5.74, 6) is -0.0846. The molecule has 7 nitrogen and oxygen atoms in total. The fraction of sp³-hybridized carbons (Fsp3) is 0.375. The van der Waals surface area contributed by atoms with Gasteiger partial charge in [-0.2, -0.15) is 0 Å². The van der Waals surface area contributed by atoms with Crippen molar-refractivity contribution in [1.29, 1.82) is 0 Å². The van der Waals surface area contributed by atoms with Crippen LogP contribution < -0.4 is 16.0 Å². The number of anilines is 2. The lowest BCUT2D eigenvalue weighted by atomic mass is 10.2. The van der Waals surface area contributed by atoms with E-state index in [0.29, 0.717) is 17.8 Å². The number of nitrogens with one attached hydrogen (secondary N) is 3. The molecule has 0 bridgehead atoms. The van der Waals surface area contributed by atoms with Gasteiger partial charge >= 0.3 is 0 Å². The molecule has 0 atom stereocenters. The van der Waals surface area contributed by atoms with Crippen molar-refractivity contribution in [3.63, 3.8) is 0 Å². The molecular weight excluding hydrogens is 358 g/mol. The van der Waals surface area contributed by atoms with E-state index in [-0.39, 0.29) is 17.6 Å². The van der Waals surface area contributed by atoms with Gasteiger partial charge in [-0.3, -0.25) is 9.59 Å². The van der Waals surface area contributed by atoms with Crippen LogP contribution in [0, 0.1) is 0 Å². The molecule has 25 heavy (non-hydrogen) atoms. The lowest BCUT2D eigenvalue weighted by Crippen LogP contribution is -2.23. The Labute approximate surface area is 155 Å². The summed E-state index contributed by atoms with van der Waals surface area (Å²) in [7, 11) is 0. The Balaban J connectivity index is 1.85. The van der Waals surface area contributed by atoms with Crippen molar-refractivity contribution >= 4 is 45.7 Å². The van der Waals surface area contributed by atoms with Crippen molar-refractivity contribution in [3.8, 4) is 0 Å². The molecule has 0 aliphatic carbocycles. The number of hydrogen-bond donors (Lipinski definition) is 3. The second-order valence-corrected chi connectivity index (χ2v) is 7.28. The van der Waals surface area contributed by atoms with E-state index < -0.39 is 0 Å². The monoisotopic (exact) mass is 379 g/mol. The highest BCUT2D eigenvalue weighted by molar-refractivity contribution is 8.01. The zero-order valence-electron chi connectivity index (χ0n) is 14.2. The first kappa shape index (κ1) is 19.2. The molecule has 2 rings (SSSR count). The molecule has 0 aliphatic heterocycles. The smallest absolute Gasteiger partial charge is 0.251 e. The summed E-state index contributed by atoms with van der Waals surface area (Å²) < 4.78 is 0.741. The van der Waals surface area contributed by atoms with Gasteiger partial charge in [0.2, 0.25) is 11.0 Å². The molecule has 9 heteroatoms. The molecule has 1 aromatic heterocycles. The van der Waals surface area contributed by atoms with Crippen molar-refractivity contribution in [2.24, 2.45) is 0 Å². The first-order valence-electron chi connectivity index (χ1n) is 8.00. The van der Waals surface area contributed by atoms with E-state index >= 15 is 0 Å². The maximum absolute atomic E-state index is 12.1. The third-order valence-corrected chi connectivity index (χ3v) is 5.02. The Morgan fingerprint density at radius 2 is 2.08 bits per heavy atom. The van der Waals surface area contributed by atoms with Crippen LogP contribution in [0.5, 0.6) is 0 Å². The van der Waals surface area contributed by atoms with Gasteiger partial charge in [0.25, 0.3) is 5.91 Å². The SMILES string of the molecule is CCCNc1nnc(SCC(=O)Nc2cccc(C(=O)NCC)c2)s1. The molecule has 134 valence electrons. The molecule has 1 heterocycles. The van der Waals surface area contributed by atoms with Gasteiger partial charge in [0, 0.05) is 24.3 Å². The fourth-order valence-electron chi connectivity index (χ4n) is 1.90. The third kappa shape index (κ3) is 6.35. The zero-order chi connectivity index (χ0) is 18.1. The van der Waals surface area contributed by atoms with Gasteiger partial charge in [0.15, 0.2) is 4.34 Å². The summed E-state index contributed by atoms with van der Waals surface area (Å²) in [4.78, 5) is 23.9. The number of thioether (sulfide) groups is 1. The Morgan fingerprint density at radius 3 is 2.84 bits per heavy atom. The Bertz CT molecular complexity index is 720. The maximum Gasteiger partial charge on any atom is 0.251 e. The zero-order valence-corrected chi connectivity index (χ0v) is 15.8. The number of rotatable bonds is 9. The van der Waals surface area contributed by atoms with E-state index in [1.54, 1.807) is 24.3 Å². The van der Waals surface area contributed by atoms with Crippen LogP contribution in [0.3, 0.4) is 0 Å². The molecule has 0 unspecified atom stereocenters. The Hall–Kier alpha value is -2.13. The van der Waals surface area contributed by atoms with Crippen molar-refractivity contribution in [1.82, 2.24) is 15.5 Å². The second-order valence-electron chi connectivity index (χ2n) is 5.08. The minimum atomic E-state index is -0.158. The number of nitrogens with zero attached hydrogens (tertiary/aromatic N) is 2. The molecule has 3 N–H and O–H groups in total. The topological polar surface area (TPSA) is 96.0 Å². The van der Waals surface area contributed by atoms with E-state index in [4.69, 9.17) is 0 Å². The molecule has 1 aromatic carbocycles. The van der Waals surface area contributed by atoms with Gasteiger partial charge < -0.3 is 16.0 Å². The van der Waals surface area contributed by atoms with Gasteiger partial charge in [0.05, 0.1) is 5.75 Å². The van der Waals surface area contributed by atoms with E-state index in [1.165, 1.54) is 23.1 Å². The quantitative estimate of drug-likeness (QED) is 0.580. The minimum absolute atomic E-state index is 0.156. The lowest BCUT2D eigenvalue weighted by Gasteiger charge is -2.07. The molecule has 0 aliphatic rings. The fourth-order valence-corrected chi connectivity index (χ4v) is 3.47. The first-order chi connectivity index (χ1) is 12.1. The summed E-state index contributed by atoms with van der Waals surface area (Å²) in [5, 5.41) is 17.5. The summed E-state index contributed by atoms with van der Waals surface area (Å²) in [6, 6.07) is 6.86. The highest BCUT2D eigenvalue weighted by Gasteiger charge is 2.10. The van der Waals surface area contributed by atoms with Crippen LogP contribution in [0.2, 0.25) is 0 Å². The normalized spacial score (nSPS) is 10.3. The molecule has 0 fully saturated rings. The maximum atomic E-state index is 12.1. The third-order valence-electron chi connectivity index (χ3n) is 3.01. The van der Waals surface area contributed by atoms with Crippen LogP contribution in [0.25, 0.3) is 0 Å². The largest absolute Gasteiger partial charge is 0.360 e. The Kier molecular flexibility index (Phi) is 7.68. The van der Waals surface area contributed by atoms with Crippen molar-refractivity contribution in [2.45, 2.75) is 24.6 Å². The van der Waals surface area contributed by atoms with Crippen LogP contribution >= 0.6 is 23.1 Å². The van der Waals surface area contributed by atoms with Gasteiger partial charge in [-0.05, 0) is 31.5 Å². The van der Waals surface area contributed by atoms with Gasteiger partial charge in [-0.25, -0.2) is 0 Å². The number of carbonyl (C=O) groups excluding carboxylic acids is 2. The summed E-state index contributed by atoms with van der Waals surface area (Å²) >= 11 is 2.76. The first-order valence-corrected chi connectivity index (χ1v) is 9.80. The van der Waals surface area contributed by atoms with Crippen molar-refractivity contribution in [2.75, 3.05) is 29.5 Å². The van der Waals surface area contributed by atoms with Gasteiger partial charge in [-0.1, -0.05) is 36.1 Å². The number of benzene rings is 1. The molecule has 0 saturated heterocycles. The average molecular weight is 380 g/mol. The second kappa shape index (κ2) is 10.00. The average Bonchev–Trinajstić information content (AvgIpc) is 3.06. The molecule has 2 amide bonds. The van der Waals surface area contributed by atoms with Crippen molar-refractivity contribution < 1.29 is 9.59 Å². The van der Waals surface area contributed by atoms with Crippen LogP contribution in [0.4, 0.5) is 10.8 Å². The van der Waals surface area contributed by atoms with Crippen LogP contribution in [0.1, 0.15) is 30.6 Å². The molecule has 2 aromatic rings. The predicted octanol–water partition coefficient (Wildman–Crippen LogP) is 2.84.